The first-order valence-corrected chi connectivity index (χ1v) is 6.15. The highest BCUT2D eigenvalue weighted by Crippen LogP contribution is 2.18. The van der Waals surface area contributed by atoms with Crippen molar-refractivity contribution in [2.24, 2.45) is 0 Å². The van der Waals surface area contributed by atoms with Crippen molar-refractivity contribution in [3.8, 4) is 0 Å². The van der Waals surface area contributed by atoms with Crippen LogP contribution in [0.2, 0.25) is 0 Å². The van der Waals surface area contributed by atoms with Crippen LogP contribution in [0.5, 0.6) is 0 Å². The summed E-state index contributed by atoms with van der Waals surface area (Å²) in [5.74, 6) is 1.53. The van der Waals surface area contributed by atoms with E-state index in [1.165, 1.54) is 12.1 Å². The Morgan fingerprint density at radius 1 is 1.44 bits per heavy atom. The molecule has 0 aliphatic carbocycles. The Bertz CT molecular complexity index is 493. The number of fused-ring (bicyclic) bond motifs is 1. The van der Waals surface area contributed by atoms with Crippen LogP contribution in [0.4, 0.5) is 4.39 Å². The largest absolute Gasteiger partial charge is 0.328 e. The number of hydrogen-bond donors (Lipinski definition) is 1. The summed E-state index contributed by atoms with van der Waals surface area (Å²) in [6, 6.07) is 4.78. The number of thiol groups is 1. The molecule has 0 fully saturated rings. The minimum atomic E-state index is -0.230. The molecule has 0 radical (unpaired) electrons. The van der Waals surface area contributed by atoms with Gasteiger partial charge < -0.3 is 4.57 Å². The molecule has 0 spiro atoms. The molecule has 2 nitrogen and oxygen atoms in total. The SMILES string of the molecule is CCCn1c(CCS)nc2cc(F)ccc21. The van der Waals surface area contributed by atoms with Gasteiger partial charge in [-0.05, 0) is 24.3 Å². The van der Waals surface area contributed by atoms with Crippen molar-refractivity contribution in [3.05, 3.63) is 29.8 Å². The van der Waals surface area contributed by atoms with Gasteiger partial charge in [0.15, 0.2) is 0 Å². The zero-order valence-corrected chi connectivity index (χ0v) is 10.2. The Morgan fingerprint density at radius 3 is 2.94 bits per heavy atom. The van der Waals surface area contributed by atoms with Crippen molar-refractivity contribution in [2.45, 2.75) is 26.3 Å². The van der Waals surface area contributed by atoms with E-state index in [0.717, 1.165) is 42.0 Å². The molecule has 0 bridgehead atoms. The summed E-state index contributed by atoms with van der Waals surface area (Å²) >= 11 is 4.22. The quantitative estimate of drug-likeness (QED) is 0.810. The summed E-state index contributed by atoms with van der Waals surface area (Å²) in [6.07, 6.45) is 1.86. The molecule has 0 atom stereocenters. The van der Waals surface area contributed by atoms with Crippen molar-refractivity contribution in [2.75, 3.05) is 5.75 Å². The fraction of sp³-hybridized carbons (Fsp3) is 0.417. The van der Waals surface area contributed by atoms with E-state index >= 15 is 0 Å². The number of hydrogen-bond acceptors (Lipinski definition) is 2. The topological polar surface area (TPSA) is 17.8 Å². The van der Waals surface area contributed by atoms with Crippen LogP contribution in [-0.4, -0.2) is 15.3 Å². The van der Waals surface area contributed by atoms with Crippen LogP contribution in [-0.2, 0) is 13.0 Å². The lowest BCUT2D eigenvalue weighted by molar-refractivity contribution is 0.629. The summed E-state index contributed by atoms with van der Waals surface area (Å²) in [5, 5.41) is 0. The van der Waals surface area contributed by atoms with Crippen molar-refractivity contribution in [3.63, 3.8) is 0 Å². The van der Waals surface area contributed by atoms with Gasteiger partial charge in [0, 0.05) is 19.0 Å². The minimum absolute atomic E-state index is 0.230. The molecule has 0 amide bonds. The summed E-state index contributed by atoms with van der Waals surface area (Å²) in [4.78, 5) is 4.46. The van der Waals surface area contributed by atoms with Crippen LogP contribution < -0.4 is 0 Å². The second-order valence-electron chi connectivity index (χ2n) is 3.79. The van der Waals surface area contributed by atoms with Crippen LogP contribution in [0.3, 0.4) is 0 Å². The molecule has 0 aliphatic rings. The Morgan fingerprint density at radius 2 is 2.25 bits per heavy atom. The van der Waals surface area contributed by atoms with Gasteiger partial charge in [0.05, 0.1) is 11.0 Å². The molecule has 2 aromatic rings. The maximum absolute atomic E-state index is 13.1. The highest BCUT2D eigenvalue weighted by Gasteiger charge is 2.09. The molecular formula is C12H15FN2S. The Kier molecular flexibility index (Phi) is 3.49. The molecule has 0 saturated heterocycles. The zero-order chi connectivity index (χ0) is 11.5. The lowest BCUT2D eigenvalue weighted by Gasteiger charge is -2.06. The van der Waals surface area contributed by atoms with Gasteiger partial charge >= 0.3 is 0 Å². The Hall–Kier alpha value is -1.03. The van der Waals surface area contributed by atoms with Crippen molar-refractivity contribution in [1.29, 1.82) is 0 Å². The second kappa shape index (κ2) is 4.87. The molecule has 0 aliphatic heterocycles. The number of benzene rings is 1. The van der Waals surface area contributed by atoms with E-state index in [-0.39, 0.29) is 5.82 Å². The maximum atomic E-state index is 13.1. The van der Waals surface area contributed by atoms with E-state index in [2.05, 4.69) is 29.1 Å². The third-order valence-electron chi connectivity index (χ3n) is 2.57. The van der Waals surface area contributed by atoms with Gasteiger partial charge in [-0.25, -0.2) is 9.37 Å². The monoisotopic (exact) mass is 238 g/mol. The predicted octanol–water partition coefficient (Wildman–Crippen LogP) is 3.06. The maximum Gasteiger partial charge on any atom is 0.125 e. The number of aromatic nitrogens is 2. The molecule has 16 heavy (non-hydrogen) atoms. The predicted molar refractivity (Wildman–Crippen MR) is 67.5 cm³/mol. The Labute approximate surface area is 99.9 Å². The van der Waals surface area contributed by atoms with E-state index < -0.39 is 0 Å². The van der Waals surface area contributed by atoms with Crippen LogP contribution in [0.15, 0.2) is 18.2 Å². The van der Waals surface area contributed by atoms with E-state index in [1.807, 2.05) is 0 Å². The number of halogens is 1. The fourth-order valence-corrected chi connectivity index (χ4v) is 2.12. The summed E-state index contributed by atoms with van der Waals surface area (Å²) in [6.45, 7) is 3.05. The smallest absolute Gasteiger partial charge is 0.125 e. The molecule has 2 rings (SSSR count). The molecule has 0 saturated carbocycles. The molecule has 0 N–H and O–H groups in total. The lowest BCUT2D eigenvalue weighted by Crippen LogP contribution is -2.03. The van der Waals surface area contributed by atoms with E-state index in [1.54, 1.807) is 6.07 Å². The molecule has 0 unspecified atom stereocenters. The summed E-state index contributed by atoms with van der Waals surface area (Å²) in [7, 11) is 0. The third kappa shape index (κ3) is 2.07. The zero-order valence-electron chi connectivity index (χ0n) is 9.28. The average molecular weight is 238 g/mol. The highest BCUT2D eigenvalue weighted by molar-refractivity contribution is 7.80. The van der Waals surface area contributed by atoms with Crippen molar-refractivity contribution >= 4 is 23.7 Å². The Balaban J connectivity index is 2.56. The average Bonchev–Trinajstić information content (AvgIpc) is 2.57. The third-order valence-corrected chi connectivity index (χ3v) is 2.80. The summed E-state index contributed by atoms with van der Waals surface area (Å²) < 4.78 is 15.2. The van der Waals surface area contributed by atoms with E-state index in [0.29, 0.717) is 0 Å². The van der Waals surface area contributed by atoms with Crippen molar-refractivity contribution in [1.82, 2.24) is 9.55 Å². The van der Waals surface area contributed by atoms with Crippen LogP contribution in [0.25, 0.3) is 11.0 Å². The van der Waals surface area contributed by atoms with E-state index in [9.17, 15) is 4.39 Å². The first-order valence-electron chi connectivity index (χ1n) is 5.51. The van der Waals surface area contributed by atoms with Gasteiger partial charge in [-0.3, -0.25) is 0 Å². The number of nitrogens with zero attached hydrogens (tertiary/aromatic N) is 2. The van der Waals surface area contributed by atoms with Gasteiger partial charge in [-0.15, -0.1) is 0 Å². The molecule has 4 heteroatoms. The number of aryl methyl sites for hydroxylation is 2. The molecule has 1 aromatic carbocycles. The van der Waals surface area contributed by atoms with Crippen LogP contribution in [0.1, 0.15) is 19.2 Å². The minimum Gasteiger partial charge on any atom is -0.328 e. The lowest BCUT2D eigenvalue weighted by atomic mass is 10.3. The first-order chi connectivity index (χ1) is 7.76. The first kappa shape index (κ1) is 11.5. The van der Waals surface area contributed by atoms with E-state index in [4.69, 9.17) is 0 Å². The second-order valence-corrected chi connectivity index (χ2v) is 4.23. The van der Waals surface area contributed by atoms with Crippen LogP contribution >= 0.6 is 12.6 Å². The van der Waals surface area contributed by atoms with Gasteiger partial charge in [0.1, 0.15) is 11.6 Å². The normalized spacial score (nSPS) is 11.2. The molecule has 1 heterocycles. The van der Waals surface area contributed by atoms with Gasteiger partial charge in [0.2, 0.25) is 0 Å². The number of imidazole rings is 1. The van der Waals surface area contributed by atoms with Crippen LogP contribution in [0, 0.1) is 5.82 Å². The molecule has 1 aromatic heterocycles. The molecular weight excluding hydrogens is 223 g/mol. The number of rotatable bonds is 4. The van der Waals surface area contributed by atoms with Gasteiger partial charge in [-0.1, -0.05) is 6.92 Å². The van der Waals surface area contributed by atoms with Crippen molar-refractivity contribution < 1.29 is 4.39 Å². The standard InChI is InChI=1S/C12H15FN2S/c1-2-6-15-11-4-3-9(13)8-10(11)14-12(15)5-7-16/h3-4,8,16H,2,5-7H2,1H3. The summed E-state index contributed by atoms with van der Waals surface area (Å²) in [5.41, 5.74) is 1.75. The van der Waals surface area contributed by atoms with Gasteiger partial charge in [0.25, 0.3) is 0 Å². The fourth-order valence-electron chi connectivity index (χ4n) is 1.92. The highest BCUT2D eigenvalue weighted by atomic mass is 32.1. The molecule has 86 valence electrons. The van der Waals surface area contributed by atoms with Gasteiger partial charge in [-0.2, -0.15) is 12.6 Å².